The highest BCUT2D eigenvalue weighted by molar-refractivity contribution is 5.86. The minimum Gasteiger partial charge on any atom is -0.497 e. The Morgan fingerprint density at radius 1 is 1.04 bits per heavy atom. The second-order valence-corrected chi connectivity index (χ2v) is 6.25. The zero-order chi connectivity index (χ0) is 18.5. The molecule has 0 bridgehead atoms. The van der Waals surface area contributed by atoms with E-state index in [1.807, 2.05) is 30.3 Å². The van der Waals surface area contributed by atoms with Crippen molar-refractivity contribution in [2.45, 2.75) is 19.8 Å². The van der Waals surface area contributed by atoms with Crippen molar-refractivity contribution in [3.05, 3.63) is 59.3 Å². The lowest BCUT2D eigenvalue weighted by Gasteiger charge is -2.07. The number of aromatic amines is 1. The second-order valence-electron chi connectivity index (χ2n) is 6.25. The van der Waals surface area contributed by atoms with Gasteiger partial charge in [-0.3, -0.25) is 4.79 Å². The zero-order valence-electron chi connectivity index (χ0n) is 15.4. The first-order valence-corrected chi connectivity index (χ1v) is 8.65. The number of H-pyrrole nitrogens is 1. The first kappa shape index (κ1) is 17.9. The number of ether oxygens (including phenoxy) is 2. The summed E-state index contributed by atoms with van der Waals surface area (Å²) in [5.74, 6) is 1.66. The molecule has 2 aromatic carbocycles. The highest BCUT2D eigenvalue weighted by atomic mass is 16.5. The molecular formula is C21H24N2O3. The number of amides is 1. The fourth-order valence-electron chi connectivity index (χ4n) is 3.16. The summed E-state index contributed by atoms with van der Waals surface area (Å²) in [6, 6.07) is 14.1. The second kappa shape index (κ2) is 7.95. The van der Waals surface area contributed by atoms with Crippen LogP contribution < -0.4 is 14.8 Å². The third-order valence-corrected chi connectivity index (χ3v) is 4.49. The molecule has 0 saturated carbocycles. The minimum atomic E-state index is -0.0147. The number of hydrogen-bond acceptors (Lipinski definition) is 3. The normalized spacial score (nSPS) is 10.7. The van der Waals surface area contributed by atoms with Crippen molar-refractivity contribution in [1.82, 2.24) is 10.3 Å². The smallest absolute Gasteiger partial charge is 0.216 e. The molecule has 0 fully saturated rings. The summed E-state index contributed by atoms with van der Waals surface area (Å²) < 4.78 is 10.6. The van der Waals surface area contributed by atoms with Gasteiger partial charge in [0.15, 0.2) is 0 Å². The maximum Gasteiger partial charge on any atom is 0.216 e. The van der Waals surface area contributed by atoms with Crippen LogP contribution in [0.5, 0.6) is 11.5 Å². The summed E-state index contributed by atoms with van der Waals surface area (Å²) in [5, 5.41) is 4.02. The van der Waals surface area contributed by atoms with Gasteiger partial charge in [-0.2, -0.15) is 0 Å². The number of carbonyl (C=O) groups excluding carboxylic acids is 1. The number of rotatable bonds is 7. The van der Waals surface area contributed by atoms with Crippen LogP contribution in [0.1, 0.15) is 23.7 Å². The lowest BCUT2D eigenvalue weighted by atomic mass is 10.0. The third kappa shape index (κ3) is 3.99. The summed E-state index contributed by atoms with van der Waals surface area (Å²) >= 11 is 0. The fraction of sp³-hybridized carbons (Fsp3) is 0.286. The molecule has 0 radical (unpaired) electrons. The molecule has 5 heteroatoms. The van der Waals surface area contributed by atoms with E-state index >= 15 is 0 Å². The van der Waals surface area contributed by atoms with Crippen molar-refractivity contribution in [2.24, 2.45) is 0 Å². The summed E-state index contributed by atoms with van der Waals surface area (Å²) in [7, 11) is 3.34. The average Bonchev–Trinajstić information content (AvgIpc) is 2.98. The van der Waals surface area contributed by atoms with Crippen molar-refractivity contribution in [3.8, 4) is 11.5 Å². The monoisotopic (exact) mass is 352 g/mol. The van der Waals surface area contributed by atoms with Gasteiger partial charge in [-0.1, -0.05) is 12.1 Å². The van der Waals surface area contributed by atoms with Crippen molar-refractivity contribution < 1.29 is 14.3 Å². The first-order chi connectivity index (χ1) is 12.6. The van der Waals surface area contributed by atoms with Gasteiger partial charge in [-0.15, -0.1) is 0 Å². The van der Waals surface area contributed by atoms with E-state index in [9.17, 15) is 4.79 Å². The molecule has 1 aromatic heterocycles. The van der Waals surface area contributed by atoms with Gasteiger partial charge in [-0.25, -0.2) is 0 Å². The van der Waals surface area contributed by atoms with Gasteiger partial charge in [0, 0.05) is 36.5 Å². The molecule has 0 unspecified atom stereocenters. The van der Waals surface area contributed by atoms with Crippen LogP contribution in [0.3, 0.4) is 0 Å². The van der Waals surface area contributed by atoms with Crippen LogP contribution in [0.15, 0.2) is 42.5 Å². The quantitative estimate of drug-likeness (QED) is 0.684. The lowest BCUT2D eigenvalue weighted by molar-refractivity contribution is -0.118. The van der Waals surface area contributed by atoms with Gasteiger partial charge < -0.3 is 19.8 Å². The largest absolute Gasteiger partial charge is 0.497 e. The number of aromatic nitrogens is 1. The Bertz CT molecular complexity index is 898. The van der Waals surface area contributed by atoms with E-state index in [2.05, 4.69) is 22.4 Å². The summed E-state index contributed by atoms with van der Waals surface area (Å²) in [6.07, 6.45) is 1.55. The van der Waals surface area contributed by atoms with Crippen LogP contribution >= 0.6 is 0 Å². The van der Waals surface area contributed by atoms with Crippen molar-refractivity contribution >= 4 is 16.8 Å². The van der Waals surface area contributed by atoms with Crippen molar-refractivity contribution in [3.63, 3.8) is 0 Å². The van der Waals surface area contributed by atoms with Gasteiger partial charge >= 0.3 is 0 Å². The van der Waals surface area contributed by atoms with Crippen molar-refractivity contribution in [1.29, 1.82) is 0 Å². The molecule has 3 rings (SSSR count). The van der Waals surface area contributed by atoms with Crippen LogP contribution in [-0.2, 0) is 17.6 Å². The Balaban J connectivity index is 1.94. The van der Waals surface area contributed by atoms with Gasteiger partial charge in [0.1, 0.15) is 11.5 Å². The van der Waals surface area contributed by atoms with E-state index in [0.29, 0.717) is 6.54 Å². The summed E-state index contributed by atoms with van der Waals surface area (Å²) in [6.45, 7) is 2.14. The van der Waals surface area contributed by atoms with Crippen LogP contribution in [0.25, 0.3) is 10.9 Å². The summed E-state index contributed by atoms with van der Waals surface area (Å²) in [5.41, 5.74) is 4.64. The zero-order valence-corrected chi connectivity index (χ0v) is 15.4. The van der Waals surface area contributed by atoms with E-state index in [1.165, 1.54) is 18.1 Å². The molecule has 26 heavy (non-hydrogen) atoms. The van der Waals surface area contributed by atoms with Gasteiger partial charge in [0.2, 0.25) is 5.91 Å². The van der Waals surface area contributed by atoms with Crippen LogP contribution in [-0.4, -0.2) is 31.7 Å². The van der Waals surface area contributed by atoms with E-state index < -0.39 is 0 Å². The summed E-state index contributed by atoms with van der Waals surface area (Å²) in [4.78, 5) is 14.8. The topological polar surface area (TPSA) is 63.4 Å². The molecule has 1 heterocycles. The van der Waals surface area contributed by atoms with Crippen LogP contribution in [0.4, 0.5) is 0 Å². The molecule has 136 valence electrons. The van der Waals surface area contributed by atoms with E-state index in [4.69, 9.17) is 9.47 Å². The van der Waals surface area contributed by atoms with E-state index in [0.717, 1.165) is 40.9 Å². The molecule has 1 amide bonds. The number of benzene rings is 2. The van der Waals surface area contributed by atoms with Crippen LogP contribution in [0.2, 0.25) is 0 Å². The predicted molar refractivity (Wildman–Crippen MR) is 103 cm³/mol. The van der Waals surface area contributed by atoms with Crippen LogP contribution in [0, 0.1) is 0 Å². The maximum atomic E-state index is 11.2. The third-order valence-electron chi connectivity index (χ3n) is 4.49. The number of nitrogens with one attached hydrogen (secondary N) is 2. The highest BCUT2D eigenvalue weighted by Crippen LogP contribution is 2.28. The van der Waals surface area contributed by atoms with Gasteiger partial charge in [0.05, 0.1) is 14.2 Å². The molecule has 0 aliphatic carbocycles. The molecule has 0 aliphatic heterocycles. The SMILES string of the molecule is COc1ccc(Cc2[nH]c3ccc(OC)cc3c2CCNC(C)=O)cc1. The Morgan fingerprint density at radius 3 is 2.38 bits per heavy atom. The molecule has 0 atom stereocenters. The number of hydrogen-bond donors (Lipinski definition) is 2. The number of methoxy groups -OCH3 is 2. The Hall–Kier alpha value is -2.95. The minimum absolute atomic E-state index is 0.0147. The van der Waals surface area contributed by atoms with Gasteiger partial charge in [0.25, 0.3) is 0 Å². The molecular weight excluding hydrogens is 328 g/mol. The van der Waals surface area contributed by atoms with E-state index in [1.54, 1.807) is 14.2 Å². The number of carbonyl (C=O) groups is 1. The maximum absolute atomic E-state index is 11.2. The first-order valence-electron chi connectivity index (χ1n) is 8.65. The molecule has 0 spiro atoms. The predicted octanol–water partition coefficient (Wildman–Crippen LogP) is 3.45. The highest BCUT2D eigenvalue weighted by Gasteiger charge is 2.13. The Kier molecular flexibility index (Phi) is 5.46. The van der Waals surface area contributed by atoms with Gasteiger partial charge in [-0.05, 0) is 47.9 Å². The fourth-order valence-corrected chi connectivity index (χ4v) is 3.16. The lowest BCUT2D eigenvalue weighted by Crippen LogP contribution is -2.22. The molecule has 5 nitrogen and oxygen atoms in total. The Labute approximate surface area is 153 Å². The molecule has 0 saturated heterocycles. The molecule has 3 aromatic rings. The van der Waals surface area contributed by atoms with Crippen molar-refractivity contribution in [2.75, 3.05) is 20.8 Å². The average molecular weight is 352 g/mol. The molecule has 2 N–H and O–H groups in total. The van der Waals surface area contributed by atoms with E-state index in [-0.39, 0.29) is 5.91 Å². The molecule has 0 aliphatic rings. The number of fused-ring (bicyclic) bond motifs is 1. The Morgan fingerprint density at radius 2 is 1.73 bits per heavy atom. The standard InChI is InChI=1S/C21H24N2O3/c1-14(24)22-11-10-18-19-13-17(26-3)8-9-20(19)23-21(18)12-15-4-6-16(25-2)7-5-15/h4-9,13,23H,10-12H2,1-3H3,(H,22,24).